The number of methoxy groups -OCH3 is 2. The second-order valence-electron chi connectivity index (χ2n) is 4.95. The highest BCUT2D eigenvalue weighted by Gasteiger charge is 2.59. The van der Waals surface area contributed by atoms with Gasteiger partial charge >= 0.3 is 5.97 Å². The van der Waals surface area contributed by atoms with Gasteiger partial charge in [0, 0.05) is 7.11 Å². The van der Waals surface area contributed by atoms with E-state index in [1.54, 1.807) is 0 Å². The summed E-state index contributed by atoms with van der Waals surface area (Å²) in [7, 11) is 2.77. The molecule has 0 saturated heterocycles. The van der Waals surface area contributed by atoms with Gasteiger partial charge < -0.3 is 9.47 Å². The van der Waals surface area contributed by atoms with Gasteiger partial charge in [0.1, 0.15) is 12.0 Å². The van der Waals surface area contributed by atoms with E-state index in [4.69, 9.17) is 9.47 Å². The third kappa shape index (κ3) is 2.04. The molecule has 0 bridgehead atoms. The molecule has 1 saturated carbocycles. The quantitative estimate of drug-likeness (QED) is 0.521. The highest BCUT2D eigenvalue weighted by Crippen LogP contribution is 2.55. The van der Waals surface area contributed by atoms with Gasteiger partial charge in [0.25, 0.3) is 0 Å². The minimum absolute atomic E-state index is 0.0226. The second-order valence-corrected chi connectivity index (χ2v) is 4.95. The van der Waals surface area contributed by atoms with E-state index in [-0.39, 0.29) is 17.8 Å². The Balaban J connectivity index is 2.82. The lowest BCUT2D eigenvalue weighted by Gasteiger charge is -2.49. The normalized spacial score (nSPS) is 21.6. The van der Waals surface area contributed by atoms with Crippen molar-refractivity contribution in [3.8, 4) is 0 Å². The van der Waals surface area contributed by atoms with Gasteiger partial charge in [-0.2, -0.15) is 0 Å². The number of ether oxygens (including phenoxy) is 2. The van der Waals surface area contributed by atoms with E-state index in [0.29, 0.717) is 12.8 Å². The van der Waals surface area contributed by atoms with Gasteiger partial charge in [-0.3, -0.25) is 9.59 Å². The molecule has 0 aliphatic heterocycles. The average molecular weight is 214 g/mol. The summed E-state index contributed by atoms with van der Waals surface area (Å²) in [5.74, 6) is -0.597. The van der Waals surface area contributed by atoms with Crippen molar-refractivity contribution in [2.24, 2.45) is 10.8 Å². The van der Waals surface area contributed by atoms with Crippen LogP contribution in [0.2, 0.25) is 0 Å². The maximum Gasteiger partial charge on any atom is 0.319 e. The summed E-state index contributed by atoms with van der Waals surface area (Å²) < 4.78 is 9.49. The van der Waals surface area contributed by atoms with E-state index in [1.807, 2.05) is 13.8 Å². The van der Waals surface area contributed by atoms with E-state index in [9.17, 15) is 9.59 Å². The first kappa shape index (κ1) is 12.2. The van der Waals surface area contributed by atoms with Crippen molar-refractivity contribution >= 4 is 11.8 Å². The summed E-state index contributed by atoms with van der Waals surface area (Å²) in [4.78, 5) is 23.4. The summed E-state index contributed by atoms with van der Waals surface area (Å²) in [6.07, 6.45) is 1.10. The first-order valence-corrected chi connectivity index (χ1v) is 4.99. The highest BCUT2D eigenvalue weighted by atomic mass is 16.5. The number of hydrogen-bond acceptors (Lipinski definition) is 4. The van der Waals surface area contributed by atoms with Crippen LogP contribution < -0.4 is 0 Å². The molecule has 4 nitrogen and oxygen atoms in total. The van der Waals surface area contributed by atoms with Crippen LogP contribution in [0.3, 0.4) is 0 Å². The summed E-state index contributed by atoms with van der Waals surface area (Å²) in [5.41, 5.74) is -0.911. The molecule has 15 heavy (non-hydrogen) atoms. The van der Waals surface area contributed by atoms with Crippen molar-refractivity contribution in [3.63, 3.8) is 0 Å². The molecule has 1 rings (SSSR count). The Kier molecular flexibility index (Phi) is 3.19. The molecule has 0 N–H and O–H groups in total. The third-order valence-electron chi connectivity index (χ3n) is 2.95. The molecule has 0 radical (unpaired) electrons. The van der Waals surface area contributed by atoms with Crippen molar-refractivity contribution in [1.82, 2.24) is 0 Å². The first-order valence-electron chi connectivity index (χ1n) is 4.99. The molecule has 1 aliphatic carbocycles. The Morgan fingerprint density at radius 2 is 1.73 bits per heavy atom. The van der Waals surface area contributed by atoms with Crippen LogP contribution in [0, 0.1) is 10.8 Å². The molecule has 0 unspecified atom stereocenters. The van der Waals surface area contributed by atoms with Crippen molar-refractivity contribution in [2.75, 3.05) is 20.8 Å². The molecule has 86 valence electrons. The maximum absolute atomic E-state index is 11.8. The zero-order valence-corrected chi connectivity index (χ0v) is 9.75. The Bertz CT molecular complexity index is 272. The van der Waals surface area contributed by atoms with Gasteiger partial charge in [-0.05, 0) is 18.3 Å². The molecule has 1 fully saturated rings. The lowest BCUT2D eigenvalue weighted by Crippen LogP contribution is -2.55. The number of hydrogen-bond donors (Lipinski definition) is 0. The molecule has 1 aliphatic rings. The SMILES string of the molecule is COCC(=O)C1(C(=O)OC)CC(C)(C)C1. The van der Waals surface area contributed by atoms with Gasteiger partial charge in [0.05, 0.1) is 7.11 Å². The van der Waals surface area contributed by atoms with Crippen LogP contribution in [0.1, 0.15) is 26.7 Å². The Morgan fingerprint density at radius 3 is 2.07 bits per heavy atom. The molecule has 0 aromatic rings. The van der Waals surface area contributed by atoms with E-state index < -0.39 is 11.4 Å². The number of ketones is 1. The number of carbonyl (C=O) groups is 2. The minimum atomic E-state index is -0.950. The van der Waals surface area contributed by atoms with Crippen LogP contribution in [0.25, 0.3) is 0 Å². The molecule has 0 atom stereocenters. The second kappa shape index (κ2) is 3.93. The summed E-state index contributed by atoms with van der Waals surface area (Å²) in [6, 6.07) is 0. The standard InChI is InChI=1S/C11H18O4/c1-10(2)6-11(7-10,9(13)15-4)8(12)5-14-3/h5-7H2,1-4H3. The molecule has 0 amide bonds. The minimum Gasteiger partial charge on any atom is -0.468 e. The van der Waals surface area contributed by atoms with Crippen molar-refractivity contribution in [1.29, 1.82) is 0 Å². The summed E-state index contributed by atoms with van der Waals surface area (Å²) in [5, 5.41) is 0. The largest absolute Gasteiger partial charge is 0.468 e. The molecule has 0 heterocycles. The predicted molar refractivity (Wildman–Crippen MR) is 54.3 cm³/mol. The highest BCUT2D eigenvalue weighted by molar-refractivity contribution is 6.05. The fraction of sp³-hybridized carbons (Fsp3) is 0.818. The van der Waals surface area contributed by atoms with Gasteiger partial charge in [-0.15, -0.1) is 0 Å². The number of carbonyl (C=O) groups excluding carboxylic acids is 2. The lowest BCUT2D eigenvalue weighted by molar-refractivity contribution is -0.174. The van der Waals surface area contributed by atoms with Gasteiger partial charge in [0.2, 0.25) is 0 Å². The van der Waals surface area contributed by atoms with Crippen LogP contribution in [0.15, 0.2) is 0 Å². The van der Waals surface area contributed by atoms with Crippen LogP contribution in [0.5, 0.6) is 0 Å². The summed E-state index contributed by atoms with van der Waals surface area (Å²) in [6.45, 7) is 4.05. The maximum atomic E-state index is 11.8. The van der Waals surface area contributed by atoms with Crippen LogP contribution in [-0.4, -0.2) is 32.6 Å². The number of esters is 1. The predicted octanol–water partition coefficient (Wildman–Crippen LogP) is 1.18. The molecule has 0 aromatic carbocycles. The number of Topliss-reactive ketones (excluding diaryl/α,β-unsaturated/α-hetero) is 1. The topological polar surface area (TPSA) is 52.6 Å². The van der Waals surface area contributed by atoms with Crippen LogP contribution in [0.4, 0.5) is 0 Å². The monoisotopic (exact) mass is 214 g/mol. The number of rotatable bonds is 4. The Morgan fingerprint density at radius 1 is 1.20 bits per heavy atom. The molecule has 0 aromatic heterocycles. The smallest absolute Gasteiger partial charge is 0.319 e. The van der Waals surface area contributed by atoms with Crippen molar-refractivity contribution in [3.05, 3.63) is 0 Å². The fourth-order valence-electron chi connectivity index (χ4n) is 2.50. The molecule has 4 heteroatoms. The Labute approximate surface area is 89.9 Å². The fourth-order valence-corrected chi connectivity index (χ4v) is 2.50. The van der Waals surface area contributed by atoms with E-state index in [1.165, 1.54) is 14.2 Å². The lowest BCUT2D eigenvalue weighted by atomic mass is 9.52. The van der Waals surface area contributed by atoms with Gasteiger partial charge in [-0.25, -0.2) is 0 Å². The van der Waals surface area contributed by atoms with E-state index >= 15 is 0 Å². The zero-order chi connectivity index (χ0) is 11.7. The van der Waals surface area contributed by atoms with Crippen molar-refractivity contribution in [2.45, 2.75) is 26.7 Å². The molecule has 0 spiro atoms. The van der Waals surface area contributed by atoms with Gasteiger partial charge in [-0.1, -0.05) is 13.8 Å². The Hall–Kier alpha value is -0.900. The van der Waals surface area contributed by atoms with Crippen molar-refractivity contribution < 1.29 is 19.1 Å². The van der Waals surface area contributed by atoms with Crippen LogP contribution >= 0.6 is 0 Å². The van der Waals surface area contributed by atoms with Crippen LogP contribution in [-0.2, 0) is 19.1 Å². The van der Waals surface area contributed by atoms with E-state index in [0.717, 1.165) is 0 Å². The third-order valence-corrected chi connectivity index (χ3v) is 2.95. The average Bonchev–Trinajstić information content (AvgIpc) is 2.12. The molecular weight excluding hydrogens is 196 g/mol. The first-order chi connectivity index (χ1) is 6.88. The van der Waals surface area contributed by atoms with Gasteiger partial charge in [0.15, 0.2) is 5.78 Å². The molecular formula is C11H18O4. The zero-order valence-electron chi connectivity index (χ0n) is 9.75. The summed E-state index contributed by atoms with van der Waals surface area (Å²) >= 11 is 0. The van der Waals surface area contributed by atoms with E-state index in [2.05, 4.69) is 0 Å².